The average Bonchev–Trinajstić information content (AvgIpc) is 2.31. The predicted molar refractivity (Wildman–Crippen MR) is 62.0 cm³/mol. The highest BCUT2D eigenvalue weighted by molar-refractivity contribution is 5.81. The lowest BCUT2D eigenvalue weighted by atomic mass is 10.0. The molecule has 0 amide bonds. The molecule has 2 aromatic rings. The molecule has 0 fully saturated rings. The molecule has 2 rings (SSSR count). The van der Waals surface area contributed by atoms with Crippen molar-refractivity contribution in [3.8, 4) is 11.1 Å². The van der Waals surface area contributed by atoms with Crippen molar-refractivity contribution in [2.24, 2.45) is 0 Å². The van der Waals surface area contributed by atoms with E-state index in [4.69, 9.17) is 0 Å². The van der Waals surface area contributed by atoms with Gasteiger partial charge in [-0.05, 0) is 29.7 Å². The molecule has 74 valence electrons. The predicted octanol–water partition coefficient (Wildman–Crippen LogP) is 3.47. The Labute approximate surface area is 89.4 Å². The van der Waals surface area contributed by atoms with Crippen molar-refractivity contribution in [3.63, 3.8) is 0 Å². The van der Waals surface area contributed by atoms with Crippen molar-refractivity contribution in [2.75, 3.05) is 0 Å². The van der Waals surface area contributed by atoms with Crippen molar-refractivity contribution < 1.29 is 4.79 Å². The summed E-state index contributed by atoms with van der Waals surface area (Å²) in [6, 6.07) is 16.0. The molecule has 1 nitrogen and oxygen atoms in total. The van der Waals surface area contributed by atoms with E-state index >= 15 is 0 Å². The lowest BCUT2D eigenvalue weighted by Crippen LogP contribution is -1.87. The van der Waals surface area contributed by atoms with Gasteiger partial charge in [0.05, 0.1) is 0 Å². The lowest BCUT2D eigenvalue weighted by molar-refractivity contribution is 0.112. The largest absolute Gasteiger partial charge is 0.298 e. The number of hydrogen-bond acceptors (Lipinski definition) is 1. The van der Waals surface area contributed by atoms with Crippen LogP contribution in [0.2, 0.25) is 0 Å². The second-order valence-corrected chi connectivity index (χ2v) is 3.56. The zero-order valence-electron chi connectivity index (χ0n) is 8.60. The zero-order valence-corrected chi connectivity index (χ0v) is 8.60. The van der Waals surface area contributed by atoms with E-state index in [1.54, 1.807) is 0 Å². The molecule has 0 atom stereocenters. The molecule has 0 spiro atoms. The van der Waals surface area contributed by atoms with E-state index in [1.807, 2.05) is 55.5 Å². The van der Waals surface area contributed by atoms with Crippen LogP contribution in [0, 0.1) is 6.92 Å². The normalized spacial score (nSPS) is 9.93. The fourth-order valence-electron chi connectivity index (χ4n) is 1.58. The Morgan fingerprint density at radius 2 is 1.67 bits per heavy atom. The number of hydrogen-bond donors (Lipinski definition) is 0. The second kappa shape index (κ2) is 4.09. The minimum atomic E-state index is 0.761. The highest BCUT2D eigenvalue weighted by Gasteiger charge is 2.00. The van der Waals surface area contributed by atoms with Gasteiger partial charge in [0.2, 0.25) is 0 Å². The molecule has 0 aliphatic rings. The van der Waals surface area contributed by atoms with Crippen LogP contribution in [-0.4, -0.2) is 6.29 Å². The standard InChI is InChI=1S/C14H12O/c1-11-7-8-13(9-14(11)10-15)12-5-3-2-4-6-12/h2-10H,1H3. The van der Waals surface area contributed by atoms with Gasteiger partial charge in [-0.15, -0.1) is 0 Å². The molecule has 0 saturated heterocycles. The van der Waals surface area contributed by atoms with Crippen LogP contribution in [0.3, 0.4) is 0 Å². The first-order valence-corrected chi connectivity index (χ1v) is 4.92. The molecular formula is C14H12O. The van der Waals surface area contributed by atoms with E-state index < -0.39 is 0 Å². The zero-order chi connectivity index (χ0) is 10.7. The molecule has 0 unspecified atom stereocenters. The smallest absolute Gasteiger partial charge is 0.150 e. The highest BCUT2D eigenvalue weighted by Crippen LogP contribution is 2.21. The van der Waals surface area contributed by atoms with E-state index in [0.29, 0.717) is 0 Å². The maximum absolute atomic E-state index is 10.8. The van der Waals surface area contributed by atoms with Crippen LogP contribution in [0.1, 0.15) is 15.9 Å². The first kappa shape index (κ1) is 9.66. The van der Waals surface area contributed by atoms with Gasteiger partial charge in [0, 0.05) is 5.56 Å². The highest BCUT2D eigenvalue weighted by atomic mass is 16.1. The van der Waals surface area contributed by atoms with Crippen LogP contribution < -0.4 is 0 Å². The van der Waals surface area contributed by atoms with Gasteiger partial charge in [-0.2, -0.15) is 0 Å². The Morgan fingerprint density at radius 1 is 0.933 bits per heavy atom. The molecule has 0 heterocycles. The maximum atomic E-state index is 10.8. The molecule has 0 aliphatic heterocycles. The van der Waals surface area contributed by atoms with Gasteiger partial charge in [0.25, 0.3) is 0 Å². The number of carbonyl (C=O) groups is 1. The summed E-state index contributed by atoms with van der Waals surface area (Å²) in [5.74, 6) is 0. The van der Waals surface area contributed by atoms with E-state index in [9.17, 15) is 4.79 Å². The summed E-state index contributed by atoms with van der Waals surface area (Å²) in [5.41, 5.74) is 4.00. The molecule has 2 aromatic carbocycles. The first-order valence-electron chi connectivity index (χ1n) is 4.92. The van der Waals surface area contributed by atoms with Gasteiger partial charge >= 0.3 is 0 Å². The second-order valence-electron chi connectivity index (χ2n) is 3.56. The van der Waals surface area contributed by atoms with E-state index in [1.165, 1.54) is 0 Å². The van der Waals surface area contributed by atoms with Crippen molar-refractivity contribution >= 4 is 6.29 Å². The van der Waals surface area contributed by atoms with Crippen LogP contribution in [-0.2, 0) is 0 Å². The molecule has 0 radical (unpaired) electrons. The summed E-state index contributed by atoms with van der Waals surface area (Å²) < 4.78 is 0. The molecule has 0 aromatic heterocycles. The molecule has 1 heteroatoms. The topological polar surface area (TPSA) is 17.1 Å². The van der Waals surface area contributed by atoms with Gasteiger partial charge < -0.3 is 0 Å². The summed E-state index contributed by atoms with van der Waals surface area (Å²) in [6.45, 7) is 1.94. The molecule has 15 heavy (non-hydrogen) atoms. The molecule has 0 N–H and O–H groups in total. The maximum Gasteiger partial charge on any atom is 0.150 e. The quantitative estimate of drug-likeness (QED) is 0.672. The Hall–Kier alpha value is -1.89. The summed E-state index contributed by atoms with van der Waals surface area (Å²) in [4.78, 5) is 10.8. The van der Waals surface area contributed by atoms with Gasteiger partial charge in [-0.25, -0.2) is 0 Å². The minimum Gasteiger partial charge on any atom is -0.298 e. The monoisotopic (exact) mass is 196 g/mol. The van der Waals surface area contributed by atoms with Gasteiger partial charge in [-0.1, -0.05) is 42.5 Å². The van der Waals surface area contributed by atoms with Crippen LogP contribution >= 0.6 is 0 Å². The Morgan fingerprint density at radius 3 is 2.33 bits per heavy atom. The summed E-state index contributed by atoms with van der Waals surface area (Å²) in [7, 11) is 0. The van der Waals surface area contributed by atoms with Crippen molar-refractivity contribution in [3.05, 3.63) is 59.7 Å². The third-order valence-electron chi connectivity index (χ3n) is 2.51. The Balaban J connectivity index is 2.51. The van der Waals surface area contributed by atoms with Gasteiger partial charge in [0.15, 0.2) is 0 Å². The van der Waals surface area contributed by atoms with E-state index in [-0.39, 0.29) is 0 Å². The number of aryl methyl sites for hydroxylation is 1. The summed E-state index contributed by atoms with van der Waals surface area (Å²) in [6.07, 6.45) is 0.905. The van der Waals surface area contributed by atoms with Crippen LogP contribution in [0.15, 0.2) is 48.5 Å². The number of benzene rings is 2. The number of rotatable bonds is 2. The SMILES string of the molecule is Cc1ccc(-c2ccccc2)cc1C=O. The van der Waals surface area contributed by atoms with Crippen LogP contribution in [0.25, 0.3) is 11.1 Å². The Bertz CT molecular complexity index is 472. The first-order chi connectivity index (χ1) is 7.31. The fourth-order valence-corrected chi connectivity index (χ4v) is 1.58. The van der Waals surface area contributed by atoms with Crippen LogP contribution in [0.5, 0.6) is 0 Å². The third-order valence-corrected chi connectivity index (χ3v) is 2.51. The third kappa shape index (κ3) is 1.96. The molecular weight excluding hydrogens is 184 g/mol. The Kier molecular flexibility index (Phi) is 2.64. The van der Waals surface area contributed by atoms with E-state index in [2.05, 4.69) is 0 Å². The fraction of sp³-hybridized carbons (Fsp3) is 0.0714. The van der Waals surface area contributed by atoms with Gasteiger partial charge in [0.1, 0.15) is 6.29 Å². The number of carbonyl (C=O) groups excluding carboxylic acids is 1. The lowest BCUT2D eigenvalue weighted by Gasteiger charge is -2.04. The van der Waals surface area contributed by atoms with Crippen molar-refractivity contribution in [1.82, 2.24) is 0 Å². The van der Waals surface area contributed by atoms with Crippen LogP contribution in [0.4, 0.5) is 0 Å². The molecule has 0 aliphatic carbocycles. The van der Waals surface area contributed by atoms with Crippen molar-refractivity contribution in [2.45, 2.75) is 6.92 Å². The number of aldehydes is 1. The van der Waals surface area contributed by atoms with Crippen molar-refractivity contribution in [1.29, 1.82) is 0 Å². The van der Waals surface area contributed by atoms with Gasteiger partial charge in [-0.3, -0.25) is 4.79 Å². The summed E-state index contributed by atoms with van der Waals surface area (Å²) in [5, 5.41) is 0. The minimum absolute atomic E-state index is 0.761. The summed E-state index contributed by atoms with van der Waals surface area (Å²) >= 11 is 0. The molecule has 0 bridgehead atoms. The average molecular weight is 196 g/mol. The van der Waals surface area contributed by atoms with E-state index in [0.717, 1.165) is 28.5 Å². The molecule has 0 saturated carbocycles.